The number of sulfone groups is 1. The summed E-state index contributed by atoms with van der Waals surface area (Å²) in [7, 11) is -3.56. The predicted molar refractivity (Wildman–Crippen MR) is 129 cm³/mol. The highest BCUT2D eigenvalue weighted by molar-refractivity contribution is 7.92. The smallest absolute Gasteiger partial charge is 0.268 e. The Bertz CT molecular complexity index is 1370. The number of halogens is 1. The van der Waals surface area contributed by atoms with Gasteiger partial charge in [0.15, 0.2) is 11.5 Å². The van der Waals surface area contributed by atoms with Gasteiger partial charge in [-0.2, -0.15) is 5.26 Å². The van der Waals surface area contributed by atoms with Crippen molar-refractivity contribution in [2.24, 2.45) is 0 Å². The molecule has 0 fully saturated rings. The molecule has 1 aromatic heterocycles. The Morgan fingerprint density at radius 1 is 1.24 bits per heavy atom. The van der Waals surface area contributed by atoms with Gasteiger partial charge in [0.1, 0.15) is 18.2 Å². The van der Waals surface area contributed by atoms with Gasteiger partial charge in [-0.1, -0.05) is 53.3 Å². The number of nitrogens with zero attached hydrogens (tertiary/aromatic N) is 3. The van der Waals surface area contributed by atoms with Gasteiger partial charge in [-0.25, -0.2) is 8.42 Å². The SMILES string of the molecule is CCOc1cc(/C=C(/C#N)C(=O)Nc2nnc(S(C)(=O)=O)s2)cc(Cl)c1OCc1ccccc1. The zero-order valence-corrected chi connectivity index (χ0v) is 20.5. The van der Waals surface area contributed by atoms with E-state index < -0.39 is 15.7 Å². The lowest BCUT2D eigenvalue weighted by Gasteiger charge is -2.14. The molecule has 1 N–H and O–H groups in total. The Morgan fingerprint density at radius 2 is 1.97 bits per heavy atom. The van der Waals surface area contributed by atoms with Crippen LogP contribution in [0.5, 0.6) is 11.5 Å². The number of rotatable bonds is 9. The van der Waals surface area contributed by atoms with Gasteiger partial charge in [0.05, 0.1) is 11.6 Å². The van der Waals surface area contributed by atoms with Crippen molar-refractivity contribution >= 4 is 49.9 Å². The molecule has 9 nitrogen and oxygen atoms in total. The lowest BCUT2D eigenvalue weighted by atomic mass is 10.1. The second-order valence-corrected chi connectivity index (χ2v) is 10.4. The number of hydrogen-bond donors (Lipinski definition) is 1. The van der Waals surface area contributed by atoms with Crippen molar-refractivity contribution in [1.82, 2.24) is 10.2 Å². The molecule has 12 heteroatoms. The highest BCUT2D eigenvalue weighted by Crippen LogP contribution is 2.38. The fraction of sp³-hybridized carbons (Fsp3) is 0.182. The normalized spacial score (nSPS) is 11.5. The minimum atomic E-state index is -3.56. The van der Waals surface area contributed by atoms with E-state index in [4.69, 9.17) is 21.1 Å². The molecular formula is C22H19ClN4O5S2. The first-order valence-corrected chi connectivity index (χ1v) is 12.9. The summed E-state index contributed by atoms with van der Waals surface area (Å²) in [6.07, 6.45) is 2.30. The summed E-state index contributed by atoms with van der Waals surface area (Å²) >= 11 is 7.11. The van der Waals surface area contributed by atoms with Crippen molar-refractivity contribution in [2.45, 2.75) is 17.9 Å². The highest BCUT2D eigenvalue weighted by atomic mass is 35.5. The van der Waals surface area contributed by atoms with Crippen molar-refractivity contribution in [2.75, 3.05) is 18.2 Å². The van der Waals surface area contributed by atoms with Gasteiger partial charge in [0.2, 0.25) is 19.3 Å². The Hall–Kier alpha value is -3.46. The van der Waals surface area contributed by atoms with E-state index in [9.17, 15) is 18.5 Å². The van der Waals surface area contributed by atoms with Gasteiger partial charge in [-0.3, -0.25) is 10.1 Å². The van der Waals surface area contributed by atoms with Gasteiger partial charge in [0, 0.05) is 6.26 Å². The van der Waals surface area contributed by atoms with Gasteiger partial charge < -0.3 is 9.47 Å². The average molecular weight is 519 g/mol. The lowest BCUT2D eigenvalue weighted by Crippen LogP contribution is -2.13. The number of anilines is 1. The standard InChI is InChI=1S/C22H19ClN4O5S2/c1-3-31-18-11-15(10-17(23)19(18)32-13-14-7-5-4-6-8-14)9-16(12-24)20(28)25-21-26-27-22(33-21)34(2,29)30/h4-11H,3,13H2,1-2H3,(H,25,26,28)/b16-9-. The maximum absolute atomic E-state index is 12.5. The molecule has 3 rings (SSSR count). The second-order valence-electron chi connectivity index (χ2n) is 6.81. The van der Waals surface area contributed by atoms with Gasteiger partial charge in [0.25, 0.3) is 5.91 Å². The number of hydrogen-bond acceptors (Lipinski definition) is 9. The van der Waals surface area contributed by atoms with Crippen molar-refractivity contribution in [1.29, 1.82) is 5.26 Å². The third-order valence-electron chi connectivity index (χ3n) is 4.18. The largest absolute Gasteiger partial charge is 0.490 e. The number of nitriles is 1. The van der Waals surface area contributed by atoms with Crippen LogP contribution in [-0.4, -0.2) is 37.4 Å². The van der Waals surface area contributed by atoms with Gasteiger partial charge >= 0.3 is 0 Å². The number of aromatic nitrogens is 2. The number of nitrogens with one attached hydrogen (secondary N) is 1. The van der Waals surface area contributed by atoms with Crippen LogP contribution in [-0.2, 0) is 21.2 Å². The van der Waals surface area contributed by atoms with E-state index in [-0.39, 0.29) is 26.7 Å². The van der Waals surface area contributed by atoms with E-state index in [1.54, 1.807) is 19.1 Å². The summed E-state index contributed by atoms with van der Waals surface area (Å²) in [5, 5.41) is 19.2. The van der Waals surface area contributed by atoms with E-state index in [1.165, 1.54) is 6.08 Å². The second kappa shape index (κ2) is 11.1. The number of amides is 1. The molecule has 1 amide bonds. The molecule has 2 aromatic carbocycles. The Balaban J connectivity index is 1.83. The molecule has 1 heterocycles. The highest BCUT2D eigenvalue weighted by Gasteiger charge is 2.18. The van der Waals surface area contributed by atoms with E-state index in [2.05, 4.69) is 15.5 Å². The summed E-state index contributed by atoms with van der Waals surface area (Å²) in [5.41, 5.74) is 1.12. The first-order chi connectivity index (χ1) is 16.2. The molecule has 0 atom stereocenters. The molecule has 34 heavy (non-hydrogen) atoms. The zero-order chi connectivity index (χ0) is 24.7. The summed E-state index contributed by atoms with van der Waals surface area (Å²) in [6, 6.07) is 14.5. The maximum atomic E-state index is 12.5. The van der Waals surface area contributed by atoms with Crippen LogP contribution in [0.15, 0.2) is 52.4 Å². The lowest BCUT2D eigenvalue weighted by molar-refractivity contribution is -0.112. The molecule has 0 bridgehead atoms. The fourth-order valence-electron chi connectivity index (χ4n) is 2.69. The number of benzene rings is 2. The molecule has 176 valence electrons. The summed E-state index contributed by atoms with van der Waals surface area (Å²) in [5.74, 6) is -0.0800. The minimum absolute atomic E-state index is 0.0516. The molecule has 0 saturated carbocycles. The molecule has 3 aromatic rings. The Morgan fingerprint density at radius 3 is 2.59 bits per heavy atom. The van der Waals surface area contributed by atoms with Crippen LogP contribution in [0, 0.1) is 11.3 Å². The zero-order valence-electron chi connectivity index (χ0n) is 18.1. The molecular weight excluding hydrogens is 500 g/mol. The van der Waals surface area contributed by atoms with E-state index in [0.717, 1.165) is 11.8 Å². The van der Waals surface area contributed by atoms with Crippen LogP contribution in [0.25, 0.3) is 6.08 Å². The Labute approximate surface area is 205 Å². The van der Waals surface area contributed by atoms with Crippen molar-refractivity contribution in [3.63, 3.8) is 0 Å². The van der Waals surface area contributed by atoms with Crippen molar-refractivity contribution in [3.8, 4) is 17.6 Å². The topological polar surface area (TPSA) is 131 Å². The number of carbonyl (C=O) groups excluding carboxylic acids is 1. The third-order valence-corrected chi connectivity index (χ3v) is 6.97. The van der Waals surface area contributed by atoms with Crippen LogP contribution in [0.2, 0.25) is 5.02 Å². The molecule has 0 aliphatic carbocycles. The van der Waals surface area contributed by atoms with Crippen LogP contribution in [0.3, 0.4) is 0 Å². The van der Waals surface area contributed by atoms with E-state index in [0.29, 0.717) is 35.0 Å². The quantitative estimate of drug-likeness (QED) is 0.254. The van der Waals surface area contributed by atoms with E-state index >= 15 is 0 Å². The van der Waals surface area contributed by atoms with Crippen molar-refractivity contribution in [3.05, 3.63) is 64.2 Å². The molecule has 0 aliphatic rings. The number of carbonyl (C=O) groups is 1. The average Bonchev–Trinajstić information content (AvgIpc) is 3.27. The van der Waals surface area contributed by atoms with Gasteiger partial charge in [-0.05, 0) is 36.3 Å². The predicted octanol–water partition coefficient (Wildman–Crippen LogP) is 4.12. The molecule has 0 radical (unpaired) electrons. The van der Waals surface area contributed by atoms with Crippen LogP contribution < -0.4 is 14.8 Å². The van der Waals surface area contributed by atoms with E-state index in [1.807, 2.05) is 36.4 Å². The van der Waals surface area contributed by atoms with Crippen molar-refractivity contribution < 1.29 is 22.7 Å². The molecule has 0 saturated heterocycles. The van der Waals surface area contributed by atoms with Crippen LogP contribution in [0.4, 0.5) is 5.13 Å². The first-order valence-electron chi connectivity index (χ1n) is 9.81. The summed E-state index contributed by atoms with van der Waals surface area (Å²) in [6.45, 7) is 2.42. The van der Waals surface area contributed by atoms with Crippen LogP contribution in [0.1, 0.15) is 18.1 Å². The van der Waals surface area contributed by atoms with Crippen LogP contribution >= 0.6 is 22.9 Å². The summed E-state index contributed by atoms with van der Waals surface area (Å²) in [4.78, 5) is 12.5. The van der Waals surface area contributed by atoms with Gasteiger partial charge in [-0.15, -0.1) is 10.2 Å². The summed E-state index contributed by atoms with van der Waals surface area (Å²) < 4.78 is 34.3. The fourth-order valence-corrected chi connectivity index (χ4v) is 4.47. The minimum Gasteiger partial charge on any atom is -0.490 e. The first kappa shape index (κ1) is 25.2. The molecule has 0 spiro atoms. The maximum Gasteiger partial charge on any atom is 0.268 e. The Kier molecular flexibility index (Phi) is 8.22. The third kappa shape index (κ3) is 6.54. The monoisotopic (exact) mass is 518 g/mol. The number of ether oxygens (including phenoxy) is 2. The molecule has 0 unspecified atom stereocenters. The molecule has 0 aliphatic heterocycles.